The Morgan fingerprint density at radius 1 is 1.09 bits per heavy atom. The molecule has 1 unspecified atom stereocenters. The van der Waals surface area contributed by atoms with Crippen molar-refractivity contribution >= 4 is 5.91 Å². The van der Waals surface area contributed by atoms with Crippen molar-refractivity contribution in [2.24, 2.45) is 11.8 Å². The normalized spacial score (nSPS) is 28.3. The summed E-state index contributed by atoms with van der Waals surface area (Å²) in [6.45, 7) is 5.98. The van der Waals surface area contributed by atoms with Crippen molar-refractivity contribution in [3.8, 4) is 5.75 Å². The summed E-state index contributed by atoms with van der Waals surface area (Å²) in [7, 11) is 0. The second-order valence-electron chi connectivity index (χ2n) is 10.3. The topological polar surface area (TPSA) is 65.8 Å². The fourth-order valence-corrected chi connectivity index (χ4v) is 6.21. The molecule has 2 aromatic rings. The van der Waals surface area contributed by atoms with E-state index in [0.717, 1.165) is 17.6 Å². The van der Waals surface area contributed by atoms with Gasteiger partial charge in [-0.05, 0) is 48.5 Å². The van der Waals surface area contributed by atoms with E-state index in [0.29, 0.717) is 11.1 Å². The fraction of sp³-hybridized carbons (Fsp3) is 0.407. The smallest absolute Gasteiger partial charge is 0.278 e. The second kappa shape index (κ2) is 7.29. The Morgan fingerprint density at radius 3 is 2.51 bits per heavy atom. The number of aromatic nitrogens is 1. The number of benzene rings is 1. The van der Waals surface area contributed by atoms with Crippen molar-refractivity contribution < 1.29 is 18.7 Å². The summed E-state index contributed by atoms with van der Waals surface area (Å²) in [6, 6.07) is 7.91. The fourth-order valence-electron chi connectivity index (χ4n) is 6.21. The van der Waals surface area contributed by atoms with Gasteiger partial charge in [0.05, 0.1) is 17.9 Å². The zero-order chi connectivity index (χ0) is 24.8. The maximum absolute atomic E-state index is 15.2. The van der Waals surface area contributed by atoms with E-state index in [-0.39, 0.29) is 24.3 Å². The van der Waals surface area contributed by atoms with Gasteiger partial charge in [0.1, 0.15) is 6.67 Å². The van der Waals surface area contributed by atoms with E-state index in [1.165, 1.54) is 12.3 Å². The van der Waals surface area contributed by atoms with Crippen LogP contribution in [0.15, 0.2) is 64.6 Å². The lowest BCUT2D eigenvalue weighted by atomic mass is 9.80. The Balaban J connectivity index is 1.65. The number of pyridine rings is 1. The molecule has 0 saturated heterocycles. The Kier molecular flexibility index (Phi) is 4.60. The van der Waals surface area contributed by atoms with Gasteiger partial charge < -0.3 is 10.0 Å². The first-order valence-electron chi connectivity index (χ1n) is 12.0. The van der Waals surface area contributed by atoms with Gasteiger partial charge in [0.25, 0.3) is 11.8 Å². The molecule has 1 saturated carbocycles. The molecule has 1 fully saturated rings. The van der Waals surface area contributed by atoms with Gasteiger partial charge in [-0.15, -0.1) is 0 Å². The third-order valence-electron chi connectivity index (χ3n) is 7.97. The molecule has 4 atom stereocenters. The average molecular weight is 480 g/mol. The zero-order valence-electron chi connectivity index (χ0n) is 19.8. The molecule has 4 aliphatic rings. The third kappa shape index (κ3) is 2.91. The van der Waals surface area contributed by atoms with E-state index in [9.17, 15) is 14.7 Å². The van der Waals surface area contributed by atoms with Gasteiger partial charge in [0.15, 0.2) is 11.4 Å². The largest absolute Gasteiger partial charge is 0.502 e. The second-order valence-corrected chi connectivity index (χ2v) is 10.3. The first kappa shape index (κ1) is 22.1. The average Bonchev–Trinajstić information content (AvgIpc) is 3.43. The number of fused-ring (bicyclic) bond motifs is 5. The number of hydrogen-bond acceptors (Lipinski definition) is 4. The number of allylic oxidation sites excluding steroid dienone is 3. The number of halogens is 2. The molecule has 0 spiro atoms. The number of carbonyl (C=O) groups excluding carboxylic acids is 1. The lowest BCUT2D eigenvalue weighted by Crippen LogP contribution is -2.57. The molecule has 1 amide bonds. The maximum Gasteiger partial charge on any atom is 0.278 e. The molecule has 0 radical (unpaired) electrons. The number of nitrogens with zero attached hydrogens (tertiary/aromatic N) is 3. The van der Waals surface area contributed by atoms with Crippen LogP contribution in [0, 0.1) is 11.8 Å². The minimum absolute atomic E-state index is 0.00441. The molecular weight excluding hydrogens is 452 g/mol. The molecule has 182 valence electrons. The summed E-state index contributed by atoms with van der Waals surface area (Å²) in [6.07, 6.45) is 6.05. The summed E-state index contributed by atoms with van der Waals surface area (Å²) in [5.74, 6) is -5.62. The maximum atomic E-state index is 15.2. The number of carbonyl (C=O) groups is 1. The van der Waals surface area contributed by atoms with E-state index < -0.39 is 40.9 Å². The van der Waals surface area contributed by atoms with E-state index in [2.05, 4.69) is 6.92 Å². The quantitative estimate of drug-likeness (QED) is 0.697. The highest BCUT2D eigenvalue weighted by atomic mass is 19.3. The van der Waals surface area contributed by atoms with E-state index in [1.54, 1.807) is 21.7 Å². The van der Waals surface area contributed by atoms with Gasteiger partial charge in [-0.3, -0.25) is 19.3 Å². The molecule has 1 aromatic heterocycles. The lowest BCUT2D eigenvalue weighted by molar-refractivity contribution is 0.0619. The first-order valence-corrected chi connectivity index (χ1v) is 12.0. The molecule has 8 heteroatoms. The van der Waals surface area contributed by atoms with Crippen LogP contribution in [0.4, 0.5) is 8.78 Å². The Labute approximate surface area is 201 Å². The van der Waals surface area contributed by atoms with Crippen LogP contribution >= 0.6 is 0 Å². The Hall–Kier alpha value is -3.42. The van der Waals surface area contributed by atoms with E-state index in [4.69, 9.17) is 0 Å². The van der Waals surface area contributed by atoms with Crippen LogP contribution in [-0.2, 0) is 0 Å². The van der Waals surface area contributed by atoms with Crippen molar-refractivity contribution in [3.05, 3.63) is 86.9 Å². The highest BCUT2D eigenvalue weighted by Crippen LogP contribution is 2.69. The van der Waals surface area contributed by atoms with E-state index in [1.807, 2.05) is 43.1 Å². The molecule has 3 aliphatic carbocycles. The molecule has 35 heavy (non-hydrogen) atoms. The summed E-state index contributed by atoms with van der Waals surface area (Å²) in [4.78, 5) is 27.2. The number of alkyl halides is 2. The standard InChI is InChI=1S/C27H27F2N3O3/c1-14(2)30-13-32(31-12-11-19(33)25(34)24(31)26(30)35)23-17-9-5-4-8-16(17)21-22(27(21,28)29)18-10-6-7-15(3)20(18)23/h4-6,8-12,14-15,21-23,34H,7,13H2,1-3H3/t15?,21-,22+,23-/m0/s1. The summed E-state index contributed by atoms with van der Waals surface area (Å²) < 4.78 is 31.9. The zero-order valence-corrected chi connectivity index (χ0v) is 19.8. The van der Waals surface area contributed by atoms with Crippen molar-refractivity contribution in [3.63, 3.8) is 0 Å². The molecule has 1 aromatic carbocycles. The van der Waals surface area contributed by atoms with Crippen LogP contribution in [-0.4, -0.2) is 39.2 Å². The summed E-state index contributed by atoms with van der Waals surface area (Å²) >= 11 is 0. The molecule has 0 bridgehead atoms. The predicted octanol–water partition coefficient (Wildman–Crippen LogP) is 4.31. The van der Waals surface area contributed by atoms with Crippen LogP contribution in [0.3, 0.4) is 0 Å². The van der Waals surface area contributed by atoms with Crippen LogP contribution in [0.1, 0.15) is 60.8 Å². The van der Waals surface area contributed by atoms with Crippen molar-refractivity contribution in [2.75, 3.05) is 11.7 Å². The van der Waals surface area contributed by atoms with E-state index >= 15 is 8.78 Å². The van der Waals surface area contributed by atoms with Crippen molar-refractivity contribution in [1.82, 2.24) is 9.58 Å². The van der Waals surface area contributed by atoms with Crippen LogP contribution in [0.25, 0.3) is 0 Å². The molecule has 1 aliphatic heterocycles. The van der Waals surface area contributed by atoms with Crippen LogP contribution < -0.4 is 10.4 Å². The number of rotatable bonds is 2. The van der Waals surface area contributed by atoms with Gasteiger partial charge in [0.2, 0.25) is 5.43 Å². The molecule has 1 N–H and O–H groups in total. The highest BCUT2D eigenvalue weighted by Gasteiger charge is 2.71. The lowest BCUT2D eigenvalue weighted by Gasteiger charge is -2.47. The van der Waals surface area contributed by atoms with Gasteiger partial charge in [0, 0.05) is 18.3 Å². The minimum atomic E-state index is -2.81. The minimum Gasteiger partial charge on any atom is -0.502 e. The predicted molar refractivity (Wildman–Crippen MR) is 127 cm³/mol. The van der Waals surface area contributed by atoms with Crippen LogP contribution in [0.5, 0.6) is 5.75 Å². The van der Waals surface area contributed by atoms with Crippen molar-refractivity contribution in [1.29, 1.82) is 0 Å². The molecule has 2 heterocycles. The Morgan fingerprint density at radius 2 is 1.80 bits per heavy atom. The number of aromatic hydroxyl groups is 1. The SMILES string of the molecule is CC1CC=CC2=C1[C@@H](N1CN(C(C)C)C(=O)c3c(O)c(=O)ccn31)c1ccccc1[C@H]1[C@@H]2C1(F)F. The van der Waals surface area contributed by atoms with Crippen molar-refractivity contribution in [2.45, 2.75) is 51.1 Å². The first-order chi connectivity index (χ1) is 16.6. The molecule has 6 rings (SSSR count). The number of hydrogen-bond donors (Lipinski definition) is 1. The Bertz CT molecular complexity index is 1380. The molecular formula is C27H27F2N3O3. The third-order valence-corrected chi connectivity index (χ3v) is 7.97. The molecule has 6 nitrogen and oxygen atoms in total. The highest BCUT2D eigenvalue weighted by molar-refractivity contribution is 5.96. The van der Waals surface area contributed by atoms with Gasteiger partial charge in [-0.25, -0.2) is 8.78 Å². The van der Waals surface area contributed by atoms with Crippen LogP contribution in [0.2, 0.25) is 0 Å². The summed E-state index contributed by atoms with van der Waals surface area (Å²) in [5.41, 5.74) is 2.23. The van der Waals surface area contributed by atoms with Gasteiger partial charge in [-0.1, -0.05) is 43.3 Å². The van der Waals surface area contributed by atoms with Gasteiger partial charge >= 0.3 is 0 Å². The summed E-state index contributed by atoms with van der Waals surface area (Å²) in [5, 5.41) is 12.6. The van der Waals surface area contributed by atoms with Gasteiger partial charge in [-0.2, -0.15) is 0 Å². The monoisotopic (exact) mass is 479 g/mol. The number of amides is 1.